The van der Waals surface area contributed by atoms with Crippen molar-refractivity contribution in [3.63, 3.8) is 0 Å². The van der Waals surface area contributed by atoms with Crippen molar-refractivity contribution in [3.05, 3.63) is 28.5 Å². The quantitative estimate of drug-likeness (QED) is 0.816. The summed E-state index contributed by atoms with van der Waals surface area (Å²) >= 11 is 5.67. The molecule has 1 rings (SSSR count). The molecular weight excluding hydrogens is 252 g/mol. The van der Waals surface area contributed by atoms with Crippen LogP contribution in [0.15, 0.2) is 12.1 Å². The Kier molecular flexibility index (Phi) is 5.05. The highest BCUT2D eigenvalue weighted by atomic mass is 35.5. The number of halogens is 3. The molecule has 0 unspecified atom stereocenters. The van der Waals surface area contributed by atoms with Gasteiger partial charge in [0.05, 0.1) is 5.02 Å². The highest BCUT2D eigenvalue weighted by Gasteiger charge is 2.26. The van der Waals surface area contributed by atoms with Gasteiger partial charge in [0.1, 0.15) is 11.6 Å². The Labute approximate surface area is 106 Å². The lowest BCUT2D eigenvalue weighted by molar-refractivity contribution is 0.317. The summed E-state index contributed by atoms with van der Waals surface area (Å²) in [5.41, 5.74) is 6.00. The van der Waals surface area contributed by atoms with Crippen LogP contribution in [0.2, 0.25) is 5.02 Å². The first-order chi connectivity index (χ1) is 6.73. The third-order valence-electron chi connectivity index (χ3n) is 2.33. The van der Waals surface area contributed by atoms with Crippen LogP contribution in [0.1, 0.15) is 32.4 Å². The summed E-state index contributed by atoms with van der Waals surface area (Å²) in [6, 6.07) is 1.82. The normalized spacial score (nSPS) is 13.1. The van der Waals surface area contributed by atoms with Gasteiger partial charge in [-0.1, -0.05) is 32.4 Å². The molecule has 0 fully saturated rings. The third kappa shape index (κ3) is 3.24. The second-order valence-corrected chi connectivity index (χ2v) is 5.08. The van der Waals surface area contributed by atoms with Gasteiger partial charge in [0.15, 0.2) is 0 Å². The molecule has 0 aliphatic carbocycles. The molecular formula is C11H16Cl2FNO. The van der Waals surface area contributed by atoms with Crippen LogP contribution in [0.3, 0.4) is 0 Å². The van der Waals surface area contributed by atoms with E-state index in [-0.39, 0.29) is 28.6 Å². The predicted molar refractivity (Wildman–Crippen MR) is 66.7 cm³/mol. The fourth-order valence-electron chi connectivity index (χ4n) is 1.29. The molecule has 0 aromatic heterocycles. The second-order valence-electron chi connectivity index (χ2n) is 4.67. The Morgan fingerprint density at radius 2 is 1.88 bits per heavy atom. The molecule has 0 bridgehead atoms. The van der Waals surface area contributed by atoms with Gasteiger partial charge < -0.3 is 10.8 Å². The van der Waals surface area contributed by atoms with Crippen LogP contribution in [0.4, 0.5) is 4.39 Å². The number of hydrogen-bond acceptors (Lipinski definition) is 2. The van der Waals surface area contributed by atoms with Gasteiger partial charge in [-0.25, -0.2) is 4.39 Å². The maximum Gasteiger partial charge on any atom is 0.139 e. The van der Waals surface area contributed by atoms with Crippen LogP contribution in [-0.4, -0.2) is 5.11 Å². The first-order valence-corrected chi connectivity index (χ1v) is 5.04. The van der Waals surface area contributed by atoms with E-state index < -0.39 is 11.9 Å². The minimum absolute atomic E-state index is 0. The van der Waals surface area contributed by atoms with Crippen molar-refractivity contribution in [2.24, 2.45) is 11.1 Å². The van der Waals surface area contributed by atoms with Crippen LogP contribution >= 0.6 is 24.0 Å². The summed E-state index contributed by atoms with van der Waals surface area (Å²) in [5, 5.41) is 9.67. The molecule has 1 atom stereocenters. The number of phenolic OH excluding ortho intramolecular Hbond substituents is 1. The number of nitrogens with two attached hydrogens (primary N) is 1. The van der Waals surface area contributed by atoms with E-state index in [4.69, 9.17) is 17.3 Å². The summed E-state index contributed by atoms with van der Waals surface area (Å²) in [4.78, 5) is 0. The van der Waals surface area contributed by atoms with Crippen LogP contribution in [-0.2, 0) is 0 Å². The number of phenols is 1. The first kappa shape index (κ1) is 15.5. The molecule has 0 spiro atoms. The lowest BCUT2D eigenvalue weighted by atomic mass is 9.83. The molecule has 1 aromatic carbocycles. The fourth-order valence-corrected chi connectivity index (χ4v) is 1.50. The van der Waals surface area contributed by atoms with E-state index in [0.717, 1.165) is 6.07 Å². The van der Waals surface area contributed by atoms with Crippen molar-refractivity contribution >= 4 is 24.0 Å². The predicted octanol–water partition coefficient (Wildman–Crippen LogP) is 3.65. The molecule has 0 heterocycles. The number of benzene rings is 1. The molecule has 0 saturated carbocycles. The zero-order valence-corrected chi connectivity index (χ0v) is 11.0. The summed E-state index contributed by atoms with van der Waals surface area (Å²) in [5.74, 6) is -0.631. The van der Waals surface area contributed by atoms with Gasteiger partial charge in [0.25, 0.3) is 0 Å². The highest BCUT2D eigenvalue weighted by molar-refractivity contribution is 6.32. The number of aromatic hydroxyl groups is 1. The van der Waals surface area contributed by atoms with Crippen molar-refractivity contribution < 1.29 is 9.50 Å². The van der Waals surface area contributed by atoms with Gasteiger partial charge in [-0.3, -0.25) is 0 Å². The van der Waals surface area contributed by atoms with E-state index in [9.17, 15) is 9.50 Å². The maximum atomic E-state index is 13.1. The molecule has 0 amide bonds. The van der Waals surface area contributed by atoms with Gasteiger partial charge in [-0.15, -0.1) is 12.4 Å². The van der Waals surface area contributed by atoms with Crippen LogP contribution < -0.4 is 5.73 Å². The molecule has 16 heavy (non-hydrogen) atoms. The second kappa shape index (κ2) is 5.21. The van der Waals surface area contributed by atoms with Crippen LogP contribution in [0.5, 0.6) is 5.75 Å². The van der Waals surface area contributed by atoms with Crippen molar-refractivity contribution in [1.29, 1.82) is 0 Å². The highest BCUT2D eigenvalue weighted by Crippen LogP contribution is 2.38. The van der Waals surface area contributed by atoms with E-state index >= 15 is 0 Å². The van der Waals surface area contributed by atoms with Gasteiger partial charge >= 0.3 is 0 Å². The Morgan fingerprint density at radius 3 is 2.31 bits per heavy atom. The Balaban J connectivity index is 0.00000225. The molecule has 0 aliphatic heterocycles. The molecule has 5 heteroatoms. The minimum atomic E-state index is -0.493. The van der Waals surface area contributed by atoms with Gasteiger partial charge in [-0.05, 0) is 17.5 Å². The fraction of sp³-hybridized carbons (Fsp3) is 0.455. The number of hydrogen-bond donors (Lipinski definition) is 2. The van der Waals surface area contributed by atoms with E-state index in [1.807, 2.05) is 20.8 Å². The van der Waals surface area contributed by atoms with E-state index in [1.165, 1.54) is 6.07 Å². The molecule has 92 valence electrons. The zero-order chi connectivity index (χ0) is 11.8. The Morgan fingerprint density at radius 1 is 1.38 bits per heavy atom. The lowest BCUT2D eigenvalue weighted by Gasteiger charge is -2.28. The van der Waals surface area contributed by atoms with Crippen LogP contribution in [0, 0.1) is 11.2 Å². The van der Waals surface area contributed by atoms with Crippen molar-refractivity contribution in [1.82, 2.24) is 0 Å². The molecule has 1 aromatic rings. The average molecular weight is 268 g/mol. The summed E-state index contributed by atoms with van der Waals surface area (Å²) in [6.07, 6.45) is 0. The third-order valence-corrected chi connectivity index (χ3v) is 2.61. The van der Waals surface area contributed by atoms with Crippen LogP contribution in [0.25, 0.3) is 0 Å². The Hall–Kier alpha value is -0.510. The standard InChI is InChI=1S/C11H15ClFNO.ClH/c1-11(2,3)10(14)7-4-6(13)5-8(12)9(7)15;/h4-5,10,15H,14H2,1-3H3;1H/t10-;/m0./s1. The summed E-state index contributed by atoms with van der Waals surface area (Å²) in [6.45, 7) is 5.74. The Bertz CT molecular complexity index is 377. The molecule has 0 radical (unpaired) electrons. The smallest absolute Gasteiger partial charge is 0.139 e. The maximum absolute atomic E-state index is 13.1. The van der Waals surface area contributed by atoms with Gasteiger partial charge in [0, 0.05) is 11.6 Å². The largest absolute Gasteiger partial charge is 0.506 e. The molecule has 2 nitrogen and oxygen atoms in total. The summed E-state index contributed by atoms with van der Waals surface area (Å²) < 4.78 is 13.1. The average Bonchev–Trinajstić information content (AvgIpc) is 2.08. The van der Waals surface area contributed by atoms with Crippen molar-refractivity contribution in [2.75, 3.05) is 0 Å². The molecule has 0 saturated heterocycles. The van der Waals surface area contributed by atoms with E-state index in [1.54, 1.807) is 0 Å². The van der Waals surface area contributed by atoms with Gasteiger partial charge in [-0.2, -0.15) is 0 Å². The lowest BCUT2D eigenvalue weighted by Crippen LogP contribution is -2.26. The van der Waals surface area contributed by atoms with Crippen molar-refractivity contribution in [3.8, 4) is 5.75 Å². The zero-order valence-electron chi connectivity index (χ0n) is 9.42. The minimum Gasteiger partial charge on any atom is -0.506 e. The van der Waals surface area contributed by atoms with Crippen molar-refractivity contribution in [2.45, 2.75) is 26.8 Å². The first-order valence-electron chi connectivity index (χ1n) is 4.67. The molecule has 3 N–H and O–H groups in total. The van der Waals surface area contributed by atoms with Gasteiger partial charge in [0.2, 0.25) is 0 Å². The monoisotopic (exact) mass is 267 g/mol. The summed E-state index contributed by atoms with van der Waals surface area (Å²) in [7, 11) is 0. The number of rotatable bonds is 1. The van der Waals surface area contributed by atoms with E-state index in [2.05, 4.69) is 0 Å². The topological polar surface area (TPSA) is 46.2 Å². The van der Waals surface area contributed by atoms with E-state index in [0.29, 0.717) is 5.56 Å². The SMILES string of the molecule is CC(C)(C)[C@@H](N)c1cc(F)cc(Cl)c1O.Cl. The molecule has 0 aliphatic rings.